The molecule has 3 nitrogen and oxygen atoms in total. The second-order valence-electron chi connectivity index (χ2n) is 3.98. The molecule has 3 heteroatoms. The fourth-order valence-corrected chi connectivity index (χ4v) is 1.75. The Bertz CT molecular complexity index is 637. The van der Waals surface area contributed by atoms with Crippen molar-refractivity contribution in [1.29, 1.82) is 5.26 Å². The number of Topliss-reactive ketones (excluding diaryl/α,β-unsaturated/α-hetero) is 1. The molecule has 0 radical (unpaired) electrons. The molecule has 0 fully saturated rings. The molecule has 0 bridgehead atoms. The fourth-order valence-electron chi connectivity index (χ4n) is 1.75. The summed E-state index contributed by atoms with van der Waals surface area (Å²) in [4.78, 5) is 11.3. The number of phenolic OH excluding ortho intramolecular Hbond substituents is 1. The average Bonchev–Trinajstić information content (AvgIpc) is 2.39. The van der Waals surface area contributed by atoms with Crippen molar-refractivity contribution in [3.8, 4) is 22.9 Å². The maximum absolute atomic E-state index is 11.3. The zero-order valence-corrected chi connectivity index (χ0v) is 9.84. The number of nitrogens with zero attached hydrogens (tertiary/aromatic N) is 1. The highest BCUT2D eigenvalue weighted by atomic mass is 16.3. The van der Waals surface area contributed by atoms with Crippen molar-refractivity contribution in [3.63, 3.8) is 0 Å². The molecule has 0 unspecified atom stereocenters. The van der Waals surface area contributed by atoms with Gasteiger partial charge in [0, 0.05) is 5.56 Å². The van der Waals surface area contributed by atoms with Gasteiger partial charge >= 0.3 is 0 Å². The van der Waals surface area contributed by atoms with E-state index in [9.17, 15) is 9.90 Å². The molecule has 18 heavy (non-hydrogen) atoms. The zero-order chi connectivity index (χ0) is 13.1. The van der Waals surface area contributed by atoms with Crippen LogP contribution in [0, 0.1) is 11.3 Å². The van der Waals surface area contributed by atoms with Crippen LogP contribution in [0.4, 0.5) is 0 Å². The molecule has 0 amide bonds. The van der Waals surface area contributed by atoms with Gasteiger partial charge in [0.1, 0.15) is 5.75 Å². The normalized spacial score (nSPS) is 9.78. The molecular formula is C15H11NO2. The molecule has 88 valence electrons. The zero-order valence-electron chi connectivity index (χ0n) is 9.84. The Morgan fingerprint density at radius 3 is 2.39 bits per heavy atom. The van der Waals surface area contributed by atoms with E-state index in [1.54, 1.807) is 42.5 Å². The van der Waals surface area contributed by atoms with Crippen LogP contribution < -0.4 is 0 Å². The van der Waals surface area contributed by atoms with Gasteiger partial charge in [-0.2, -0.15) is 5.26 Å². The van der Waals surface area contributed by atoms with Crippen LogP contribution in [0.25, 0.3) is 11.1 Å². The van der Waals surface area contributed by atoms with Crippen LogP contribution in [0.15, 0.2) is 42.5 Å². The van der Waals surface area contributed by atoms with Gasteiger partial charge in [-0.25, -0.2) is 0 Å². The number of phenols is 1. The molecule has 0 spiro atoms. The summed E-state index contributed by atoms with van der Waals surface area (Å²) in [5.74, 6) is 0.112. The maximum atomic E-state index is 11.3. The van der Waals surface area contributed by atoms with E-state index in [-0.39, 0.29) is 11.5 Å². The topological polar surface area (TPSA) is 61.1 Å². The number of ketones is 1. The smallest absolute Gasteiger partial charge is 0.159 e. The van der Waals surface area contributed by atoms with Crippen molar-refractivity contribution < 1.29 is 9.90 Å². The van der Waals surface area contributed by atoms with E-state index in [0.29, 0.717) is 11.1 Å². The number of aromatic hydroxyl groups is 1. The molecular weight excluding hydrogens is 226 g/mol. The Labute approximate surface area is 105 Å². The van der Waals surface area contributed by atoms with Gasteiger partial charge in [-0.1, -0.05) is 24.3 Å². The monoisotopic (exact) mass is 237 g/mol. The molecule has 0 aromatic heterocycles. The number of benzene rings is 2. The van der Waals surface area contributed by atoms with Gasteiger partial charge in [-0.3, -0.25) is 4.79 Å². The van der Waals surface area contributed by atoms with Crippen LogP contribution in [0.5, 0.6) is 5.75 Å². The lowest BCUT2D eigenvalue weighted by Crippen LogP contribution is -1.94. The maximum Gasteiger partial charge on any atom is 0.159 e. The first kappa shape index (κ1) is 11.9. The summed E-state index contributed by atoms with van der Waals surface area (Å²) in [6.07, 6.45) is 0. The third kappa shape index (κ3) is 2.23. The van der Waals surface area contributed by atoms with Crippen LogP contribution in [-0.4, -0.2) is 10.9 Å². The van der Waals surface area contributed by atoms with E-state index in [4.69, 9.17) is 5.26 Å². The molecule has 0 heterocycles. The van der Waals surface area contributed by atoms with Crippen LogP contribution in [0.2, 0.25) is 0 Å². The summed E-state index contributed by atoms with van der Waals surface area (Å²) in [6, 6.07) is 13.7. The van der Waals surface area contributed by atoms with Crippen molar-refractivity contribution >= 4 is 5.78 Å². The Balaban J connectivity index is 2.55. The number of rotatable bonds is 2. The molecule has 2 aromatic rings. The predicted octanol–water partition coefficient (Wildman–Crippen LogP) is 3.13. The van der Waals surface area contributed by atoms with Gasteiger partial charge in [0.15, 0.2) is 5.78 Å². The number of carbonyl (C=O) groups excluding carboxylic acids is 1. The van der Waals surface area contributed by atoms with Gasteiger partial charge in [0.25, 0.3) is 0 Å². The highest BCUT2D eigenvalue weighted by Crippen LogP contribution is 2.26. The summed E-state index contributed by atoms with van der Waals surface area (Å²) in [5.41, 5.74) is 2.56. The van der Waals surface area contributed by atoms with Crippen molar-refractivity contribution in [2.75, 3.05) is 0 Å². The molecule has 2 rings (SSSR count). The largest absolute Gasteiger partial charge is 0.508 e. The molecule has 0 aliphatic rings. The molecule has 0 saturated carbocycles. The Morgan fingerprint density at radius 1 is 1.17 bits per heavy atom. The standard InChI is InChI=1S/C15H11NO2/c1-10(17)12-4-7-15(13(8-12)9-16)11-2-5-14(18)6-3-11/h2-8,18H,1H3. The quantitative estimate of drug-likeness (QED) is 0.816. The number of hydrogen-bond donors (Lipinski definition) is 1. The first-order chi connectivity index (χ1) is 8.61. The van der Waals surface area contributed by atoms with E-state index in [1.165, 1.54) is 6.92 Å². The SMILES string of the molecule is CC(=O)c1ccc(-c2ccc(O)cc2)c(C#N)c1. The van der Waals surface area contributed by atoms with Crippen LogP contribution in [0.1, 0.15) is 22.8 Å². The van der Waals surface area contributed by atoms with Gasteiger partial charge in [-0.15, -0.1) is 0 Å². The minimum absolute atomic E-state index is 0.0660. The first-order valence-electron chi connectivity index (χ1n) is 5.46. The molecule has 0 aliphatic carbocycles. The summed E-state index contributed by atoms with van der Waals surface area (Å²) in [5, 5.41) is 18.4. The first-order valence-corrected chi connectivity index (χ1v) is 5.46. The van der Waals surface area contributed by atoms with E-state index in [2.05, 4.69) is 6.07 Å². The van der Waals surface area contributed by atoms with Crippen LogP contribution in [-0.2, 0) is 0 Å². The second kappa shape index (κ2) is 4.72. The highest BCUT2D eigenvalue weighted by molar-refractivity contribution is 5.95. The molecule has 1 N–H and O–H groups in total. The lowest BCUT2D eigenvalue weighted by Gasteiger charge is -2.06. The number of hydrogen-bond acceptors (Lipinski definition) is 3. The van der Waals surface area contributed by atoms with E-state index in [0.717, 1.165) is 11.1 Å². The lowest BCUT2D eigenvalue weighted by atomic mass is 9.97. The van der Waals surface area contributed by atoms with Crippen molar-refractivity contribution in [1.82, 2.24) is 0 Å². The predicted molar refractivity (Wildman–Crippen MR) is 68.3 cm³/mol. The average molecular weight is 237 g/mol. The Morgan fingerprint density at radius 2 is 1.83 bits per heavy atom. The van der Waals surface area contributed by atoms with Crippen LogP contribution >= 0.6 is 0 Å². The molecule has 0 atom stereocenters. The number of carbonyl (C=O) groups is 1. The van der Waals surface area contributed by atoms with Gasteiger partial charge in [0.2, 0.25) is 0 Å². The van der Waals surface area contributed by atoms with Gasteiger partial charge in [-0.05, 0) is 36.2 Å². The second-order valence-corrected chi connectivity index (χ2v) is 3.98. The Hall–Kier alpha value is -2.60. The number of nitriles is 1. The summed E-state index contributed by atoms with van der Waals surface area (Å²) < 4.78 is 0. The summed E-state index contributed by atoms with van der Waals surface area (Å²) in [7, 11) is 0. The van der Waals surface area contributed by atoms with Crippen molar-refractivity contribution in [2.45, 2.75) is 6.92 Å². The third-order valence-electron chi connectivity index (χ3n) is 2.72. The van der Waals surface area contributed by atoms with Crippen LogP contribution in [0.3, 0.4) is 0 Å². The molecule has 0 aliphatic heterocycles. The van der Waals surface area contributed by atoms with Crippen molar-refractivity contribution in [3.05, 3.63) is 53.6 Å². The minimum Gasteiger partial charge on any atom is -0.508 e. The summed E-state index contributed by atoms with van der Waals surface area (Å²) in [6.45, 7) is 1.47. The van der Waals surface area contributed by atoms with Gasteiger partial charge < -0.3 is 5.11 Å². The van der Waals surface area contributed by atoms with E-state index < -0.39 is 0 Å². The van der Waals surface area contributed by atoms with E-state index in [1.807, 2.05) is 0 Å². The van der Waals surface area contributed by atoms with Crippen molar-refractivity contribution in [2.24, 2.45) is 0 Å². The summed E-state index contributed by atoms with van der Waals surface area (Å²) >= 11 is 0. The van der Waals surface area contributed by atoms with Gasteiger partial charge in [0.05, 0.1) is 11.6 Å². The third-order valence-corrected chi connectivity index (χ3v) is 2.72. The highest BCUT2D eigenvalue weighted by Gasteiger charge is 2.08. The molecule has 0 saturated heterocycles. The van der Waals surface area contributed by atoms with E-state index >= 15 is 0 Å². The molecule has 2 aromatic carbocycles. The fraction of sp³-hybridized carbons (Fsp3) is 0.0667. The lowest BCUT2D eigenvalue weighted by molar-refractivity contribution is 0.101. The minimum atomic E-state index is -0.0660. The Kier molecular flexibility index (Phi) is 3.11.